The van der Waals surface area contributed by atoms with Crippen LogP contribution in [0.25, 0.3) is 0 Å². The number of rotatable bonds is 4. The highest BCUT2D eigenvalue weighted by atomic mass is 19.1. The molecular formula is C23H27FN4O3. The molecule has 164 valence electrons. The van der Waals surface area contributed by atoms with Crippen LogP contribution in [0.4, 0.5) is 14.9 Å². The number of benzene rings is 2. The molecule has 0 radical (unpaired) electrons. The third kappa shape index (κ3) is 6.04. The van der Waals surface area contributed by atoms with Gasteiger partial charge >= 0.3 is 6.03 Å². The van der Waals surface area contributed by atoms with Gasteiger partial charge in [0.2, 0.25) is 5.91 Å². The zero-order valence-corrected chi connectivity index (χ0v) is 17.8. The summed E-state index contributed by atoms with van der Waals surface area (Å²) in [6.07, 6.45) is 0.969. The average Bonchev–Trinajstić information content (AvgIpc) is 3.01. The van der Waals surface area contributed by atoms with Gasteiger partial charge in [0.1, 0.15) is 5.82 Å². The lowest BCUT2D eigenvalue weighted by Gasteiger charge is -2.22. The number of carbonyl (C=O) groups excluding carboxylic acids is 3. The van der Waals surface area contributed by atoms with Crippen LogP contribution < -0.4 is 5.32 Å². The summed E-state index contributed by atoms with van der Waals surface area (Å²) in [5.41, 5.74) is 1.96. The predicted octanol–water partition coefficient (Wildman–Crippen LogP) is 2.84. The van der Waals surface area contributed by atoms with Crippen molar-refractivity contribution in [1.29, 1.82) is 0 Å². The maximum Gasteiger partial charge on any atom is 0.321 e. The normalized spacial score (nSPS) is 14.0. The van der Waals surface area contributed by atoms with Crippen LogP contribution in [0.1, 0.15) is 22.3 Å². The molecule has 7 nitrogen and oxygen atoms in total. The van der Waals surface area contributed by atoms with E-state index in [-0.39, 0.29) is 23.7 Å². The Hall–Kier alpha value is -3.42. The first-order valence-corrected chi connectivity index (χ1v) is 10.2. The van der Waals surface area contributed by atoms with Crippen molar-refractivity contribution < 1.29 is 18.8 Å². The number of amides is 4. The number of hydrogen-bond acceptors (Lipinski definition) is 3. The second-order valence-electron chi connectivity index (χ2n) is 7.73. The molecule has 2 aromatic rings. The Bertz CT molecular complexity index is 929. The van der Waals surface area contributed by atoms with E-state index in [1.165, 1.54) is 24.3 Å². The minimum absolute atomic E-state index is 0.0149. The lowest BCUT2D eigenvalue weighted by atomic mass is 10.1. The highest BCUT2D eigenvalue weighted by molar-refractivity contribution is 5.94. The van der Waals surface area contributed by atoms with E-state index in [1.807, 2.05) is 12.1 Å². The average molecular weight is 426 g/mol. The fraction of sp³-hybridized carbons (Fsp3) is 0.348. The molecule has 1 heterocycles. The van der Waals surface area contributed by atoms with Crippen LogP contribution in [0.2, 0.25) is 0 Å². The molecule has 0 unspecified atom stereocenters. The molecule has 1 aliphatic heterocycles. The molecule has 4 amide bonds. The molecule has 1 fully saturated rings. The Morgan fingerprint density at radius 3 is 2.16 bits per heavy atom. The quantitative estimate of drug-likeness (QED) is 0.817. The molecule has 1 aliphatic rings. The monoisotopic (exact) mass is 426 g/mol. The Kier molecular flexibility index (Phi) is 7.23. The van der Waals surface area contributed by atoms with E-state index in [1.54, 1.807) is 40.9 Å². The molecule has 1 saturated heterocycles. The van der Waals surface area contributed by atoms with Crippen LogP contribution in [-0.2, 0) is 11.2 Å². The standard InChI is InChI=1S/C23H27FN4O3/c1-26(2)21(29)16-17-4-10-20(11-5-17)25-23(31)28-13-3-12-27(14-15-28)22(30)18-6-8-19(24)9-7-18/h4-11H,3,12-16H2,1-2H3,(H,25,31). The predicted molar refractivity (Wildman–Crippen MR) is 116 cm³/mol. The lowest BCUT2D eigenvalue weighted by molar-refractivity contribution is -0.127. The summed E-state index contributed by atoms with van der Waals surface area (Å²) >= 11 is 0. The van der Waals surface area contributed by atoms with Crippen LogP contribution in [0, 0.1) is 5.82 Å². The molecular weight excluding hydrogens is 399 g/mol. The summed E-state index contributed by atoms with van der Waals surface area (Å²) in [5, 5.41) is 2.87. The van der Waals surface area contributed by atoms with Gasteiger partial charge in [-0.2, -0.15) is 0 Å². The third-order valence-corrected chi connectivity index (χ3v) is 5.22. The number of nitrogens with one attached hydrogen (secondary N) is 1. The molecule has 0 aromatic heterocycles. The van der Waals surface area contributed by atoms with Crippen LogP contribution in [0.15, 0.2) is 48.5 Å². The van der Waals surface area contributed by atoms with Gasteiger partial charge in [-0.3, -0.25) is 9.59 Å². The van der Waals surface area contributed by atoms with Crippen molar-refractivity contribution in [3.8, 4) is 0 Å². The van der Waals surface area contributed by atoms with Gasteiger partial charge in [-0.05, 0) is 48.4 Å². The Morgan fingerprint density at radius 2 is 1.52 bits per heavy atom. The fourth-order valence-corrected chi connectivity index (χ4v) is 3.34. The van der Waals surface area contributed by atoms with E-state index in [9.17, 15) is 18.8 Å². The summed E-state index contributed by atoms with van der Waals surface area (Å²) in [5.74, 6) is -0.529. The van der Waals surface area contributed by atoms with Crippen molar-refractivity contribution >= 4 is 23.5 Å². The first kappa shape index (κ1) is 22.3. The van der Waals surface area contributed by atoms with Crippen molar-refractivity contribution in [3.63, 3.8) is 0 Å². The summed E-state index contributed by atoms with van der Waals surface area (Å²) in [6, 6.07) is 12.5. The summed E-state index contributed by atoms with van der Waals surface area (Å²) < 4.78 is 13.1. The van der Waals surface area contributed by atoms with Gasteiger partial charge in [-0.25, -0.2) is 9.18 Å². The summed E-state index contributed by atoms with van der Waals surface area (Å²) in [6.45, 7) is 1.90. The van der Waals surface area contributed by atoms with E-state index >= 15 is 0 Å². The minimum Gasteiger partial charge on any atom is -0.349 e. The van der Waals surface area contributed by atoms with Gasteiger partial charge in [0.15, 0.2) is 0 Å². The number of urea groups is 1. The van der Waals surface area contributed by atoms with Gasteiger partial charge < -0.3 is 20.0 Å². The number of halogens is 1. The van der Waals surface area contributed by atoms with Gasteiger partial charge in [0.05, 0.1) is 6.42 Å². The van der Waals surface area contributed by atoms with Crippen LogP contribution in [-0.4, -0.2) is 72.8 Å². The van der Waals surface area contributed by atoms with Crippen molar-refractivity contribution in [2.24, 2.45) is 0 Å². The molecule has 0 saturated carbocycles. The molecule has 0 aliphatic carbocycles. The summed E-state index contributed by atoms with van der Waals surface area (Å²) in [4.78, 5) is 42.0. The number of anilines is 1. The molecule has 31 heavy (non-hydrogen) atoms. The van der Waals surface area contributed by atoms with Crippen LogP contribution >= 0.6 is 0 Å². The largest absolute Gasteiger partial charge is 0.349 e. The lowest BCUT2D eigenvalue weighted by Crippen LogP contribution is -2.39. The van der Waals surface area contributed by atoms with Crippen molar-refractivity contribution in [1.82, 2.24) is 14.7 Å². The number of likely N-dealkylation sites (N-methyl/N-ethyl adjacent to an activating group) is 1. The smallest absolute Gasteiger partial charge is 0.321 e. The molecule has 0 atom stereocenters. The van der Waals surface area contributed by atoms with Gasteiger partial charge in [0.25, 0.3) is 5.91 Å². The molecule has 1 N–H and O–H groups in total. The molecule has 2 aromatic carbocycles. The van der Waals surface area contributed by atoms with Crippen molar-refractivity contribution in [2.75, 3.05) is 45.6 Å². The zero-order valence-electron chi connectivity index (χ0n) is 17.8. The number of hydrogen-bond donors (Lipinski definition) is 1. The Balaban J connectivity index is 1.54. The van der Waals surface area contributed by atoms with E-state index in [4.69, 9.17) is 0 Å². The maximum absolute atomic E-state index is 13.1. The molecule has 3 rings (SSSR count). The van der Waals surface area contributed by atoms with E-state index < -0.39 is 0 Å². The SMILES string of the molecule is CN(C)C(=O)Cc1ccc(NC(=O)N2CCCN(C(=O)c3ccc(F)cc3)CC2)cc1. The topological polar surface area (TPSA) is 73.0 Å². The molecule has 0 spiro atoms. The highest BCUT2D eigenvalue weighted by Gasteiger charge is 2.23. The Labute approximate surface area is 181 Å². The van der Waals surface area contributed by atoms with Gasteiger partial charge in [-0.1, -0.05) is 12.1 Å². The zero-order chi connectivity index (χ0) is 22.4. The molecule has 8 heteroatoms. The van der Waals surface area contributed by atoms with Gasteiger partial charge in [-0.15, -0.1) is 0 Å². The number of nitrogens with zero attached hydrogens (tertiary/aromatic N) is 3. The Morgan fingerprint density at radius 1 is 0.903 bits per heavy atom. The van der Waals surface area contributed by atoms with Crippen LogP contribution in [0.5, 0.6) is 0 Å². The number of carbonyl (C=O) groups is 3. The first-order valence-electron chi connectivity index (χ1n) is 10.2. The second kappa shape index (κ2) is 10.1. The van der Waals surface area contributed by atoms with Crippen molar-refractivity contribution in [2.45, 2.75) is 12.8 Å². The van der Waals surface area contributed by atoms with E-state index in [2.05, 4.69) is 5.32 Å². The van der Waals surface area contributed by atoms with Gasteiger partial charge in [0, 0.05) is 51.5 Å². The minimum atomic E-state index is -0.382. The second-order valence-corrected chi connectivity index (χ2v) is 7.73. The first-order chi connectivity index (χ1) is 14.8. The van der Waals surface area contributed by atoms with Crippen LogP contribution in [0.3, 0.4) is 0 Å². The summed E-state index contributed by atoms with van der Waals surface area (Å²) in [7, 11) is 3.43. The third-order valence-electron chi connectivity index (χ3n) is 5.22. The maximum atomic E-state index is 13.1. The molecule has 0 bridgehead atoms. The highest BCUT2D eigenvalue weighted by Crippen LogP contribution is 2.14. The van der Waals surface area contributed by atoms with E-state index in [0.29, 0.717) is 50.3 Å². The van der Waals surface area contributed by atoms with E-state index in [0.717, 1.165) is 5.56 Å². The van der Waals surface area contributed by atoms with Crippen molar-refractivity contribution in [3.05, 3.63) is 65.5 Å². The fourth-order valence-electron chi connectivity index (χ4n) is 3.34.